The molecule has 1 aliphatic heterocycles. The molecule has 0 saturated carbocycles. The van der Waals surface area contributed by atoms with Gasteiger partial charge in [-0.05, 0) is 39.2 Å². The van der Waals surface area contributed by atoms with Crippen LogP contribution in [0.5, 0.6) is 0 Å². The molecule has 2 aromatic heterocycles. The van der Waals surface area contributed by atoms with E-state index in [2.05, 4.69) is 23.1 Å². The van der Waals surface area contributed by atoms with Crippen LogP contribution in [0.25, 0.3) is 0 Å². The molecule has 1 atom stereocenters. The maximum absolute atomic E-state index is 12.5. The Balaban J connectivity index is 1.49. The number of hydrogen-bond acceptors (Lipinski definition) is 4. The summed E-state index contributed by atoms with van der Waals surface area (Å²) in [6.07, 6.45) is 5.52. The average molecular weight is 332 g/mol. The minimum Gasteiger partial charge on any atom is -0.342 e. The van der Waals surface area contributed by atoms with Gasteiger partial charge in [0.05, 0.1) is 10.7 Å². The summed E-state index contributed by atoms with van der Waals surface area (Å²) >= 11 is 1.70. The van der Waals surface area contributed by atoms with Crippen LogP contribution in [-0.4, -0.2) is 38.7 Å². The normalized spacial score (nSPS) is 18.3. The number of carbonyl (C=O) groups excluding carboxylic acids is 1. The molecule has 1 unspecified atom stereocenters. The van der Waals surface area contributed by atoms with Crippen molar-refractivity contribution < 1.29 is 4.79 Å². The van der Waals surface area contributed by atoms with Gasteiger partial charge in [0.1, 0.15) is 0 Å². The lowest BCUT2D eigenvalue weighted by atomic mass is 9.98. The standard InChI is InChI=1S/C17H24N4OS/c1-13-11-14(2)21(19-13)9-4-6-16(22)20-8-3-5-15(12-20)17-18-7-10-23-17/h7,10-11,15H,3-6,8-9,12H2,1-2H3. The van der Waals surface area contributed by atoms with E-state index >= 15 is 0 Å². The largest absolute Gasteiger partial charge is 0.342 e. The highest BCUT2D eigenvalue weighted by molar-refractivity contribution is 7.09. The summed E-state index contributed by atoms with van der Waals surface area (Å²) in [7, 11) is 0. The Kier molecular flexibility index (Phi) is 5.10. The van der Waals surface area contributed by atoms with Crippen molar-refractivity contribution >= 4 is 17.2 Å². The highest BCUT2D eigenvalue weighted by atomic mass is 32.1. The Hall–Kier alpha value is -1.69. The van der Waals surface area contributed by atoms with E-state index in [9.17, 15) is 4.79 Å². The smallest absolute Gasteiger partial charge is 0.222 e. The Bertz CT molecular complexity index is 650. The molecule has 5 nitrogen and oxygen atoms in total. The Morgan fingerprint density at radius 3 is 3.00 bits per heavy atom. The minimum absolute atomic E-state index is 0.271. The van der Waals surface area contributed by atoms with Gasteiger partial charge in [0.2, 0.25) is 5.91 Å². The number of carbonyl (C=O) groups is 1. The molecule has 0 spiro atoms. The first-order valence-electron chi connectivity index (χ1n) is 8.31. The van der Waals surface area contributed by atoms with Gasteiger partial charge < -0.3 is 4.90 Å². The van der Waals surface area contributed by atoms with Gasteiger partial charge in [-0.1, -0.05) is 0 Å². The second-order valence-electron chi connectivity index (χ2n) is 6.30. The second kappa shape index (κ2) is 7.25. The summed E-state index contributed by atoms with van der Waals surface area (Å²) in [5, 5.41) is 7.64. The number of piperidine rings is 1. The molecule has 6 heteroatoms. The molecular formula is C17H24N4OS. The summed E-state index contributed by atoms with van der Waals surface area (Å²) in [6.45, 7) is 6.59. The zero-order valence-corrected chi connectivity index (χ0v) is 14.7. The highest BCUT2D eigenvalue weighted by Crippen LogP contribution is 2.28. The van der Waals surface area contributed by atoms with Crippen LogP contribution in [-0.2, 0) is 11.3 Å². The lowest BCUT2D eigenvalue weighted by Crippen LogP contribution is -2.39. The third-order valence-corrected chi connectivity index (χ3v) is 5.38. The van der Waals surface area contributed by atoms with Crippen molar-refractivity contribution in [2.24, 2.45) is 0 Å². The van der Waals surface area contributed by atoms with Crippen LogP contribution in [0, 0.1) is 13.8 Å². The first kappa shape index (κ1) is 16.2. The third-order valence-electron chi connectivity index (χ3n) is 4.44. The number of thiazole rings is 1. The van der Waals surface area contributed by atoms with E-state index in [0.29, 0.717) is 12.3 Å². The van der Waals surface area contributed by atoms with Gasteiger partial charge in [-0.2, -0.15) is 5.10 Å². The molecule has 0 aliphatic carbocycles. The van der Waals surface area contributed by atoms with Crippen molar-refractivity contribution in [1.29, 1.82) is 0 Å². The predicted octanol–water partition coefficient (Wildman–Crippen LogP) is 3.14. The van der Waals surface area contributed by atoms with E-state index < -0.39 is 0 Å². The SMILES string of the molecule is Cc1cc(C)n(CCCC(=O)N2CCCC(c3nccs3)C2)n1. The van der Waals surface area contributed by atoms with E-state index in [1.807, 2.05) is 28.1 Å². The topological polar surface area (TPSA) is 51.0 Å². The molecule has 0 N–H and O–H groups in total. The number of nitrogens with zero attached hydrogens (tertiary/aromatic N) is 4. The van der Waals surface area contributed by atoms with Gasteiger partial charge >= 0.3 is 0 Å². The Morgan fingerprint density at radius 1 is 1.43 bits per heavy atom. The molecule has 0 aromatic carbocycles. The maximum atomic E-state index is 12.5. The van der Waals surface area contributed by atoms with Crippen molar-refractivity contribution in [2.45, 2.75) is 52.0 Å². The van der Waals surface area contributed by atoms with Crippen molar-refractivity contribution in [1.82, 2.24) is 19.7 Å². The first-order chi connectivity index (χ1) is 11.1. The van der Waals surface area contributed by atoms with Crippen LogP contribution in [0.4, 0.5) is 0 Å². The zero-order valence-electron chi connectivity index (χ0n) is 13.9. The monoisotopic (exact) mass is 332 g/mol. The fourth-order valence-electron chi connectivity index (χ4n) is 3.28. The predicted molar refractivity (Wildman–Crippen MR) is 91.6 cm³/mol. The van der Waals surface area contributed by atoms with E-state index in [1.54, 1.807) is 11.3 Å². The Morgan fingerprint density at radius 2 is 2.30 bits per heavy atom. The molecule has 1 saturated heterocycles. The summed E-state index contributed by atoms with van der Waals surface area (Å²) in [5.41, 5.74) is 2.20. The summed E-state index contributed by atoms with van der Waals surface area (Å²) in [6, 6.07) is 2.07. The van der Waals surface area contributed by atoms with Crippen LogP contribution in [0.3, 0.4) is 0 Å². The van der Waals surface area contributed by atoms with Gasteiger partial charge in [-0.15, -0.1) is 11.3 Å². The van der Waals surface area contributed by atoms with E-state index in [1.165, 1.54) is 5.01 Å². The lowest BCUT2D eigenvalue weighted by Gasteiger charge is -2.32. The molecule has 0 radical (unpaired) electrons. The molecule has 3 heterocycles. The van der Waals surface area contributed by atoms with Gasteiger partial charge in [0.25, 0.3) is 0 Å². The molecule has 3 rings (SSSR count). The van der Waals surface area contributed by atoms with E-state index in [0.717, 1.165) is 50.3 Å². The average Bonchev–Trinajstić information content (AvgIpc) is 3.17. The van der Waals surface area contributed by atoms with E-state index in [4.69, 9.17) is 0 Å². The fourth-order valence-corrected chi connectivity index (χ4v) is 4.05. The minimum atomic E-state index is 0.271. The van der Waals surface area contributed by atoms with Gasteiger partial charge in [0, 0.05) is 49.2 Å². The molecular weight excluding hydrogens is 308 g/mol. The number of aromatic nitrogens is 3. The molecule has 0 bridgehead atoms. The first-order valence-corrected chi connectivity index (χ1v) is 9.19. The molecule has 1 amide bonds. The van der Waals surface area contributed by atoms with Crippen molar-refractivity contribution in [3.05, 3.63) is 34.0 Å². The quantitative estimate of drug-likeness (QED) is 0.845. The van der Waals surface area contributed by atoms with Gasteiger partial charge in [0.15, 0.2) is 0 Å². The number of amides is 1. The molecule has 1 fully saturated rings. The second-order valence-corrected chi connectivity index (χ2v) is 7.23. The van der Waals surface area contributed by atoms with Crippen LogP contribution < -0.4 is 0 Å². The van der Waals surface area contributed by atoms with Crippen molar-refractivity contribution in [2.75, 3.05) is 13.1 Å². The lowest BCUT2D eigenvalue weighted by molar-refractivity contribution is -0.132. The summed E-state index contributed by atoms with van der Waals surface area (Å²) < 4.78 is 2.00. The van der Waals surface area contributed by atoms with Gasteiger partial charge in [-0.25, -0.2) is 4.98 Å². The number of aryl methyl sites for hydroxylation is 3. The highest BCUT2D eigenvalue weighted by Gasteiger charge is 2.25. The number of likely N-dealkylation sites (tertiary alicyclic amines) is 1. The summed E-state index contributed by atoms with van der Waals surface area (Å²) in [4.78, 5) is 18.9. The molecule has 2 aromatic rings. The van der Waals surface area contributed by atoms with E-state index in [-0.39, 0.29) is 5.91 Å². The number of rotatable bonds is 5. The van der Waals surface area contributed by atoms with Gasteiger partial charge in [-0.3, -0.25) is 9.48 Å². The Labute approximate surface area is 141 Å². The summed E-state index contributed by atoms with van der Waals surface area (Å²) in [5.74, 6) is 0.691. The number of hydrogen-bond donors (Lipinski definition) is 0. The van der Waals surface area contributed by atoms with Crippen LogP contribution in [0.2, 0.25) is 0 Å². The fraction of sp³-hybridized carbons (Fsp3) is 0.588. The third kappa shape index (κ3) is 3.99. The van der Waals surface area contributed by atoms with Crippen LogP contribution >= 0.6 is 11.3 Å². The van der Waals surface area contributed by atoms with Crippen LogP contribution in [0.15, 0.2) is 17.6 Å². The van der Waals surface area contributed by atoms with Crippen molar-refractivity contribution in [3.8, 4) is 0 Å². The molecule has 1 aliphatic rings. The van der Waals surface area contributed by atoms with Crippen molar-refractivity contribution in [3.63, 3.8) is 0 Å². The zero-order chi connectivity index (χ0) is 16.2. The molecule has 124 valence electrons. The maximum Gasteiger partial charge on any atom is 0.222 e. The van der Waals surface area contributed by atoms with Crippen LogP contribution in [0.1, 0.15) is 48.0 Å². The molecule has 23 heavy (non-hydrogen) atoms.